The first kappa shape index (κ1) is 9.27. The van der Waals surface area contributed by atoms with E-state index in [0.717, 1.165) is 6.42 Å². The second-order valence-electron chi connectivity index (χ2n) is 3.16. The molecule has 0 saturated heterocycles. The van der Waals surface area contributed by atoms with E-state index in [4.69, 9.17) is 5.73 Å². The summed E-state index contributed by atoms with van der Waals surface area (Å²) in [5.41, 5.74) is 7.24. The van der Waals surface area contributed by atoms with Gasteiger partial charge in [0.2, 0.25) is 0 Å². The quantitative estimate of drug-likeness (QED) is 0.725. The summed E-state index contributed by atoms with van der Waals surface area (Å²) in [6, 6.07) is 10.5. The van der Waals surface area contributed by atoms with Gasteiger partial charge in [0.05, 0.1) is 0 Å². The minimum absolute atomic E-state index is 0.228. The molecular formula is C11H17N. The van der Waals surface area contributed by atoms with E-state index in [2.05, 4.69) is 19.1 Å². The topological polar surface area (TPSA) is 26.0 Å². The van der Waals surface area contributed by atoms with E-state index < -0.39 is 0 Å². The number of benzene rings is 1. The molecule has 0 fully saturated rings. The summed E-state index contributed by atoms with van der Waals surface area (Å²) in [5.74, 6) is 0. The molecule has 1 nitrogen and oxygen atoms in total. The van der Waals surface area contributed by atoms with Crippen LogP contribution >= 0.6 is 0 Å². The Hall–Kier alpha value is -0.820. The van der Waals surface area contributed by atoms with Crippen molar-refractivity contribution in [1.82, 2.24) is 0 Å². The SMILES string of the molecule is CCCC[C@H](N)c1ccccc1. The third kappa shape index (κ3) is 2.67. The highest BCUT2D eigenvalue weighted by Gasteiger charge is 2.02. The van der Waals surface area contributed by atoms with Gasteiger partial charge in [-0.1, -0.05) is 50.1 Å². The van der Waals surface area contributed by atoms with Gasteiger partial charge in [0.25, 0.3) is 0 Å². The molecule has 0 aliphatic rings. The molecule has 0 heterocycles. The summed E-state index contributed by atoms with van der Waals surface area (Å²) >= 11 is 0. The second-order valence-corrected chi connectivity index (χ2v) is 3.16. The fourth-order valence-corrected chi connectivity index (χ4v) is 1.29. The van der Waals surface area contributed by atoms with E-state index in [1.165, 1.54) is 18.4 Å². The summed E-state index contributed by atoms with van der Waals surface area (Å²) in [6.45, 7) is 2.19. The van der Waals surface area contributed by atoms with Gasteiger partial charge in [-0.25, -0.2) is 0 Å². The van der Waals surface area contributed by atoms with Crippen molar-refractivity contribution in [2.45, 2.75) is 32.2 Å². The Balaban J connectivity index is 2.48. The highest BCUT2D eigenvalue weighted by molar-refractivity contribution is 5.18. The van der Waals surface area contributed by atoms with E-state index in [0.29, 0.717) is 0 Å². The van der Waals surface area contributed by atoms with Crippen molar-refractivity contribution in [3.8, 4) is 0 Å². The molecule has 1 heteroatoms. The van der Waals surface area contributed by atoms with Gasteiger partial charge >= 0.3 is 0 Å². The Morgan fingerprint density at radius 3 is 2.50 bits per heavy atom. The molecule has 0 unspecified atom stereocenters. The van der Waals surface area contributed by atoms with Gasteiger partial charge in [-0.05, 0) is 12.0 Å². The fourth-order valence-electron chi connectivity index (χ4n) is 1.29. The van der Waals surface area contributed by atoms with Gasteiger partial charge in [-0.3, -0.25) is 0 Å². The Morgan fingerprint density at radius 2 is 1.92 bits per heavy atom. The van der Waals surface area contributed by atoms with E-state index >= 15 is 0 Å². The Morgan fingerprint density at radius 1 is 1.25 bits per heavy atom. The first-order valence-electron chi connectivity index (χ1n) is 4.65. The monoisotopic (exact) mass is 163 g/mol. The maximum Gasteiger partial charge on any atom is 0.0294 e. The fraction of sp³-hybridized carbons (Fsp3) is 0.455. The average molecular weight is 163 g/mol. The maximum absolute atomic E-state index is 5.98. The predicted octanol–water partition coefficient (Wildman–Crippen LogP) is 2.88. The van der Waals surface area contributed by atoms with Crippen LogP contribution in [-0.2, 0) is 0 Å². The van der Waals surface area contributed by atoms with Crippen LogP contribution in [0.3, 0.4) is 0 Å². The lowest BCUT2D eigenvalue weighted by molar-refractivity contribution is 0.603. The number of nitrogens with two attached hydrogens (primary N) is 1. The number of rotatable bonds is 4. The normalized spacial score (nSPS) is 12.8. The average Bonchev–Trinajstić information content (AvgIpc) is 2.15. The van der Waals surface area contributed by atoms with E-state index in [1.54, 1.807) is 0 Å². The van der Waals surface area contributed by atoms with Crippen molar-refractivity contribution in [2.24, 2.45) is 5.73 Å². The Labute approximate surface area is 74.6 Å². The summed E-state index contributed by atoms with van der Waals surface area (Å²) < 4.78 is 0. The Kier molecular flexibility index (Phi) is 3.81. The van der Waals surface area contributed by atoms with Crippen LogP contribution in [0, 0.1) is 0 Å². The second kappa shape index (κ2) is 4.94. The van der Waals surface area contributed by atoms with Crippen molar-refractivity contribution in [3.63, 3.8) is 0 Å². The molecule has 1 atom stereocenters. The van der Waals surface area contributed by atoms with Crippen LogP contribution in [0.4, 0.5) is 0 Å². The minimum Gasteiger partial charge on any atom is -0.324 e. The lowest BCUT2D eigenvalue weighted by Gasteiger charge is -2.10. The summed E-state index contributed by atoms with van der Waals surface area (Å²) in [7, 11) is 0. The van der Waals surface area contributed by atoms with Crippen molar-refractivity contribution >= 4 is 0 Å². The van der Waals surface area contributed by atoms with Crippen LogP contribution in [-0.4, -0.2) is 0 Å². The molecule has 66 valence electrons. The first-order chi connectivity index (χ1) is 5.84. The molecule has 0 saturated carbocycles. The third-order valence-corrected chi connectivity index (χ3v) is 2.10. The van der Waals surface area contributed by atoms with Crippen LogP contribution in [0.1, 0.15) is 37.8 Å². The van der Waals surface area contributed by atoms with E-state index in [-0.39, 0.29) is 6.04 Å². The molecule has 1 rings (SSSR count). The van der Waals surface area contributed by atoms with Gasteiger partial charge in [-0.2, -0.15) is 0 Å². The molecular weight excluding hydrogens is 146 g/mol. The van der Waals surface area contributed by atoms with Crippen molar-refractivity contribution in [1.29, 1.82) is 0 Å². The zero-order valence-corrected chi connectivity index (χ0v) is 7.66. The Bertz CT molecular complexity index is 206. The van der Waals surface area contributed by atoms with Gasteiger partial charge < -0.3 is 5.73 Å². The molecule has 12 heavy (non-hydrogen) atoms. The van der Waals surface area contributed by atoms with Crippen LogP contribution < -0.4 is 5.73 Å². The lowest BCUT2D eigenvalue weighted by atomic mass is 10.0. The summed E-state index contributed by atoms with van der Waals surface area (Å²) in [5, 5.41) is 0. The van der Waals surface area contributed by atoms with Crippen LogP contribution in [0.5, 0.6) is 0 Å². The molecule has 0 bridgehead atoms. The highest BCUT2D eigenvalue weighted by Crippen LogP contribution is 2.15. The first-order valence-corrected chi connectivity index (χ1v) is 4.65. The summed E-state index contributed by atoms with van der Waals surface area (Å²) in [6.07, 6.45) is 3.54. The third-order valence-electron chi connectivity index (χ3n) is 2.10. The highest BCUT2D eigenvalue weighted by atomic mass is 14.6. The molecule has 0 aromatic heterocycles. The maximum atomic E-state index is 5.98. The largest absolute Gasteiger partial charge is 0.324 e. The van der Waals surface area contributed by atoms with Gasteiger partial charge in [0.1, 0.15) is 0 Å². The van der Waals surface area contributed by atoms with Crippen molar-refractivity contribution in [3.05, 3.63) is 35.9 Å². The molecule has 0 amide bonds. The molecule has 0 radical (unpaired) electrons. The molecule has 0 spiro atoms. The number of unbranched alkanes of at least 4 members (excludes halogenated alkanes) is 1. The molecule has 2 N–H and O–H groups in total. The lowest BCUT2D eigenvalue weighted by Crippen LogP contribution is -2.09. The smallest absolute Gasteiger partial charge is 0.0294 e. The minimum atomic E-state index is 0.228. The van der Waals surface area contributed by atoms with Crippen molar-refractivity contribution < 1.29 is 0 Å². The van der Waals surface area contributed by atoms with Crippen LogP contribution in [0.15, 0.2) is 30.3 Å². The van der Waals surface area contributed by atoms with Crippen LogP contribution in [0.2, 0.25) is 0 Å². The zero-order valence-electron chi connectivity index (χ0n) is 7.66. The van der Waals surface area contributed by atoms with Gasteiger partial charge in [0, 0.05) is 6.04 Å². The molecule has 0 aliphatic heterocycles. The summed E-state index contributed by atoms with van der Waals surface area (Å²) in [4.78, 5) is 0. The standard InChI is InChI=1S/C11H17N/c1-2-3-9-11(12)10-7-5-4-6-8-10/h4-8,11H,2-3,9,12H2,1H3/t11-/m0/s1. The predicted molar refractivity (Wildman–Crippen MR) is 52.9 cm³/mol. The van der Waals surface area contributed by atoms with E-state index in [9.17, 15) is 0 Å². The van der Waals surface area contributed by atoms with Gasteiger partial charge in [-0.15, -0.1) is 0 Å². The number of hydrogen-bond acceptors (Lipinski definition) is 1. The van der Waals surface area contributed by atoms with Gasteiger partial charge in [0.15, 0.2) is 0 Å². The molecule has 1 aromatic rings. The van der Waals surface area contributed by atoms with Crippen LogP contribution in [0.25, 0.3) is 0 Å². The zero-order chi connectivity index (χ0) is 8.81. The van der Waals surface area contributed by atoms with E-state index in [1.807, 2.05) is 18.2 Å². The van der Waals surface area contributed by atoms with Crippen molar-refractivity contribution in [2.75, 3.05) is 0 Å². The molecule has 0 aliphatic carbocycles. The molecule has 1 aromatic carbocycles. The number of hydrogen-bond donors (Lipinski definition) is 1.